The van der Waals surface area contributed by atoms with Crippen molar-refractivity contribution in [3.8, 4) is 0 Å². The molecule has 1 saturated carbocycles. The van der Waals surface area contributed by atoms with Crippen LogP contribution in [0.2, 0.25) is 0 Å². The molecule has 1 heterocycles. The summed E-state index contributed by atoms with van der Waals surface area (Å²) in [6.45, 7) is 4.31. The first-order valence-corrected chi connectivity index (χ1v) is 5.65. The second kappa shape index (κ2) is 3.04. The molecule has 0 saturated heterocycles. The number of thiophene rings is 1. The van der Waals surface area contributed by atoms with E-state index in [1.807, 2.05) is 11.3 Å². The highest BCUT2D eigenvalue weighted by Crippen LogP contribution is 2.47. The van der Waals surface area contributed by atoms with Crippen LogP contribution in [0.25, 0.3) is 0 Å². The third-order valence-corrected chi connectivity index (χ3v) is 4.31. The van der Waals surface area contributed by atoms with Crippen LogP contribution in [0.3, 0.4) is 0 Å². The summed E-state index contributed by atoms with van der Waals surface area (Å²) in [4.78, 5) is 2.78. The van der Waals surface area contributed by atoms with Gasteiger partial charge in [0.2, 0.25) is 0 Å². The third kappa shape index (κ3) is 1.53. The van der Waals surface area contributed by atoms with Crippen molar-refractivity contribution in [1.82, 2.24) is 0 Å². The van der Waals surface area contributed by atoms with Crippen molar-refractivity contribution < 1.29 is 0 Å². The zero-order valence-electron chi connectivity index (χ0n) is 7.43. The number of hydrogen-bond acceptors (Lipinski definition) is 1. The summed E-state index contributed by atoms with van der Waals surface area (Å²) in [5.41, 5.74) is 1.38. The van der Waals surface area contributed by atoms with Crippen molar-refractivity contribution in [2.24, 2.45) is 5.92 Å². The van der Waals surface area contributed by atoms with Gasteiger partial charge in [0.25, 0.3) is 0 Å². The molecular formula is C10H13ClS. The second-order valence-electron chi connectivity index (χ2n) is 3.64. The van der Waals surface area contributed by atoms with E-state index < -0.39 is 0 Å². The van der Waals surface area contributed by atoms with Crippen LogP contribution in [-0.4, -0.2) is 0 Å². The summed E-state index contributed by atoms with van der Waals surface area (Å²) in [7, 11) is 0. The summed E-state index contributed by atoms with van der Waals surface area (Å²) < 4.78 is 0. The normalized spacial score (nSPS) is 19.6. The number of halogens is 1. The number of rotatable bonds is 2. The summed E-state index contributed by atoms with van der Waals surface area (Å²) >= 11 is 8.19. The lowest BCUT2D eigenvalue weighted by molar-refractivity contribution is 0.807. The summed E-state index contributed by atoms with van der Waals surface area (Å²) in [5.74, 6) is 0.767. The highest BCUT2D eigenvalue weighted by Gasteiger charge is 2.32. The van der Waals surface area contributed by atoms with Crippen LogP contribution in [0, 0.1) is 19.8 Å². The van der Waals surface area contributed by atoms with Gasteiger partial charge >= 0.3 is 0 Å². The highest BCUT2D eigenvalue weighted by molar-refractivity contribution is 7.12. The Bertz CT molecular complexity index is 286. The van der Waals surface area contributed by atoms with Crippen LogP contribution in [-0.2, 0) is 0 Å². The molecule has 0 spiro atoms. The molecule has 66 valence electrons. The Labute approximate surface area is 82.6 Å². The molecule has 1 atom stereocenters. The third-order valence-electron chi connectivity index (χ3n) is 2.37. The van der Waals surface area contributed by atoms with E-state index in [-0.39, 0.29) is 0 Å². The van der Waals surface area contributed by atoms with Crippen LogP contribution >= 0.6 is 22.9 Å². The van der Waals surface area contributed by atoms with E-state index in [1.165, 1.54) is 28.2 Å². The fourth-order valence-electron chi connectivity index (χ4n) is 1.54. The lowest BCUT2D eigenvalue weighted by Gasteiger charge is -2.05. The van der Waals surface area contributed by atoms with Gasteiger partial charge in [0, 0.05) is 9.75 Å². The van der Waals surface area contributed by atoms with Crippen LogP contribution in [0.15, 0.2) is 6.07 Å². The van der Waals surface area contributed by atoms with E-state index in [0.29, 0.717) is 5.38 Å². The predicted octanol–water partition coefficient (Wildman–Crippen LogP) is 4.05. The minimum absolute atomic E-state index is 0.295. The van der Waals surface area contributed by atoms with Gasteiger partial charge in [-0.3, -0.25) is 0 Å². The van der Waals surface area contributed by atoms with Crippen molar-refractivity contribution >= 4 is 22.9 Å². The molecule has 1 aromatic heterocycles. The molecule has 0 nitrogen and oxygen atoms in total. The van der Waals surface area contributed by atoms with Crippen molar-refractivity contribution in [3.63, 3.8) is 0 Å². The zero-order valence-corrected chi connectivity index (χ0v) is 9.00. The number of alkyl halides is 1. The van der Waals surface area contributed by atoms with E-state index in [2.05, 4.69) is 19.9 Å². The van der Waals surface area contributed by atoms with Gasteiger partial charge in [-0.2, -0.15) is 0 Å². The Morgan fingerprint density at radius 1 is 1.50 bits per heavy atom. The smallest absolute Gasteiger partial charge is 0.0709 e. The van der Waals surface area contributed by atoms with Crippen molar-refractivity contribution in [3.05, 3.63) is 21.4 Å². The average molecular weight is 201 g/mol. The van der Waals surface area contributed by atoms with Crippen molar-refractivity contribution in [2.45, 2.75) is 32.1 Å². The maximum Gasteiger partial charge on any atom is 0.0709 e. The Morgan fingerprint density at radius 2 is 2.17 bits per heavy atom. The van der Waals surface area contributed by atoms with E-state index in [4.69, 9.17) is 11.6 Å². The first-order chi connectivity index (χ1) is 5.68. The average Bonchev–Trinajstić information content (AvgIpc) is 2.77. The summed E-state index contributed by atoms with van der Waals surface area (Å²) in [6, 6.07) is 2.23. The number of hydrogen-bond donors (Lipinski definition) is 0. The maximum absolute atomic E-state index is 6.33. The monoisotopic (exact) mass is 200 g/mol. The van der Waals surface area contributed by atoms with Gasteiger partial charge in [0.1, 0.15) is 0 Å². The molecule has 0 N–H and O–H groups in total. The molecule has 0 aliphatic heterocycles. The number of aryl methyl sites for hydroxylation is 2. The molecule has 1 unspecified atom stereocenters. The van der Waals surface area contributed by atoms with E-state index in [1.54, 1.807) is 0 Å². The second-order valence-corrected chi connectivity index (χ2v) is 5.40. The van der Waals surface area contributed by atoms with E-state index in [0.717, 1.165) is 5.92 Å². The lowest BCUT2D eigenvalue weighted by Crippen LogP contribution is -1.90. The Balaban J connectivity index is 2.25. The van der Waals surface area contributed by atoms with Gasteiger partial charge in [-0.05, 0) is 44.2 Å². The SMILES string of the molecule is Cc1cc(C)c(C(Cl)C2CC2)s1. The Morgan fingerprint density at radius 3 is 2.58 bits per heavy atom. The molecule has 1 aliphatic rings. The van der Waals surface area contributed by atoms with E-state index in [9.17, 15) is 0 Å². The van der Waals surface area contributed by atoms with Gasteiger partial charge in [-0.15, -0.1) is 22.9 Å². The van der Waals surface area contributed by atoms with E-state index >= 15 is 0 Å². The molecule has 2 heteroatoms. The molecule has 2 rings (SSSR count). The standard InChI is InChI=1S/C10H13ClS/c1-6-5-7(2)12-10(6)9(11)8-3-4-8/h5,8-9H,3-4H2,1-2H3. The maximum atomic E-state index is 6.33. The van der Waals surface area contributed by atoms with Crippen LogP contribution in [0.1, 0.15) is 33.5 Å². The minimum Gasteiger partial charge on any atom is -0.144 e. The molecule has 12 heavy (non-hydrogen) atoms. The minimum atomic E-state index is 0.295. The quantitative estimate of drug-likeness (QED) is 0.632. The molecule has 0 bridgehead atoms. The summed E-state index contributed by atoms with van der Waals surface area (Å²) in [5, 5.41) is 0.295. The largest absolute Gasteiger partial charge is 0.144 e. The topological polar surface area (TPSA) is 0 Å². The van der Waals surface area contributed by atoms with Gasteiger partial charge in [-0.1, -0.05) is 0 Å². The van der Waals surface area contributed by atoms with Crippen LogP contribution in [0.4, 0.5) is 0 Å². The first-order valence-electron chi connectivity index (χ1n) is 4.39. The molecule has 0 amide bonds. The molecule has 0 radical (unpaired) electrons. The Hall–Kier alpha value is -0.0100. The lowest BCUT2D eigenvalue weighted by atomic mass is 10.2. The van der Waals surface area contributed by atoms with Gasteiger partial charge in [-0.25, -0.2) is 0 Å². The van der Waals surface area contributed by atoms with Crippen molar-refractivity contribution in [1.29, 1.82) is 0 Å². The zero-order chi connectivity index (χ0) is 8.72. The first kappa shape index (κ1) is 8.58. The van der Waals surface area contributed by atoms with Gasteiger partial charge < -0.3 is 0 Å². The molecular weight excluding hydrogens is 188 g/mol. The molecule has 1 aromatic rings. The van der Waals surface area contributed by atoms with Gasteiger partial charge in [0.15, 0.2) is 0 Å². The molecule has 1 fully saturated rings. The molecule has 0 aromatic carbocycles. The van der Waals surface area contributed by atoms with Gasteiger partial charge in [0.05, 0.1) is 5.38 Å². The van der Waals surface area contributed by atoms with Crippen molar-refractivity contribution in [2.75, 3.05) is 0 Å². The fraction of sp³-hybridized carbons (Fsp3) is 0.600. The Kier molecular flexibility index (Phi) is 2.18. The summed E-state index contributed by atoms with van der Waals surface area (Å²) in [6.07, 6.45) is 2.65. The predicted molar refractivity (Wildman–Crippen MR) is 55.1 cm³/mol. The van der Waals surface area contributed by atoms with Crippen LogP contribution < -0.4 is 0 Å². The highest BCUT2D eigenvalue weighted by atomic mass is 35.5. The van der Waals surface area contributed by atoms with Crippen LogP contribution in [0.5, 0.6) is 0 Å². The molecule has 1 aliphatic carbocycles. The fourth-order valence-corrected chi connectivity index (χ4v) is 3.20.